The van der Waals surface area contributed by atoms with Crippen LogP contribution in [0, 0.1) is 0 Å². The van der Waals surface area contributed by atoms with Gasteiger partial charge in [-0.3, -0.25) is 14.6 Å². The second kappa shape index (κ2) is 10.1. The molecular weight excluding hydrogens is 382 g/mol. The third-order valence-electron chi connectivity index (χ3n) is 4.33. The number of nitrogens with zero attached hydrogens (tertiary/aromatic N) is 1. The number of pyridine rings is 1. The van der Waals surface area contributed by atoms with Gasteiger partial charge < -0.3 is 20.1 Å². The monoisotopic (exact) mass is 405 g/mol. The number of hydrogen-bond acceptors (Lipinski definition) is 5. The molecule has 0 aliphatic rings. The van der Waals surface area contributed by atoms with Crippen molar-refractivity contribution in [1.29, 1.82) is 0 Å². The molecule has 3 aromatic rings. The SMILES string of the molecule is COc1cccc(O[C@@H](C)C(=O)Nc2ccccc2C(=O)NCc2cccnc2)c1. The van der Waals surface area contributed by atoms with E-state index in [0.717, 1.165) is 5.56 Å². The largest absolute Gasteiger partial charge is 0.497 e. The fourth-order valence-corrected chi connectivity index (χ4v) is 2.74. The van der Waals surface area contributed by atoms with Crippen LogP contribution in [0.25, 0.3) is 0 Å². The molecule has 154 valence electrons. The summed E-state index contributed by atoms with van der Waals surface area (Å²) in [6.07, 6.45) is 2.58. The predicted molar refractivity (Wildman–Crippen MR) is 114 cm³/mol. The maximum atomic E-state index is 12.6. The zero-order chi connectivity index (χ0) is 21.3. The highest BCUT2D eigenvalue weighted by Gasteiger charge is 2.18. The number of benzene rings is 2. The normalized spacial score (nSPS) is 11.3. The minimum Gasteiger partial charge on any atom is -0.497 e. The predicted octanol–water partition coefficient (Wildman–Crippen LogP) is 3.43. The van der Waals surface area contributed by atoms with Crippen LogP contribution in [-0.4, -0.2) is 30.0 Å². The van der Waals surface area contributed by atoms with E-state index in [1.54, 1.807) is 81.0 Å². The molecule has 2 aromatic carbocycles. The Hall–Kier alpha value is -3.87. The lowest BCUT2D eigenvalue weighted by Crippen LogP contribution is -2.31. The van der Waals surface area contributed by atoms with Crippen molar-refractivity contribution < 1.29 is 19.1 Å². The van der Waals surface area contributed by atoms with Crippen LogP contribution in [0.1, 0.15) is 22.8 Å². The first-order valence-corrected chi connectivity index (χ1v) is 9.44. The second-order valence-corrected chi connectivity index (χ2v) is 6.52. The minimum atomic E-state index is -0.774. The molecule has 7 nitrogen and oxygen atoms in total. The first-order chi connectivity index (χ1) is 14.6. The van der Waals surface area contributed by atoms with Crippen molar-refractivity contribution in [3.63, 3.8) is 0 Å². The van der Waals surface area contributed by atoms with Gasteiger partial charge >= 0.3 is 0 Å². The summed E-state index contributed by atoms with van der Waals surface area (Å²) < 4.78 is 10.9. The van der Waals surface area contributed by atoms with E-state index in [4.69, 9.17) is 9.47 Å². The van der Waals surface area contributed by atoms with Gasteiger partial charge in [-0.2, -0.15) is 0 Å². The Morgan fingerprint density at radius 1 is 1.03 bits per heavy atom. The molecule has 2 N–H and O–H groups in total. The average Bonchev–Trinajstić information content (AvgIpc) is 2.78. The Bertz CT molecular complexity index is 1010. The van der Waals surface area contributed by atoms with Crippen LogP contribution in [0.15, 0.2) is 73.1 Å². The summed E-state index contributed by atoms with van der Waals surface area (Å²) in [4.78, 5) is 29.3. The molecule has 0 spiro atoms. The number of rotatable bonds is 8. The maximum Gasteiger partial charge on any atom is 0.265 e. The van der Waals surface area contributed by atoms with E-state index in [0.29, 0.717) is 29.3 Å². The Kier molecular flexibility index (Phi) is 7.00. The van der Waals surface area contributed by atoms with Crippen LogP contribution in [0.3, 0.4) is 0 Å². The van der Waals surface area contributed by atoms with Crippen molar-refractivity contribution in [3.05, 3.63) is 84.2 Å². The zero-order valence-corrected chi connectivity index (χ0v) is 16.8. The van der Waals surface area contributed by atoms with E-state index >= 15 is 0 Å². The Balaban J connectivity index is 1.64. The zero-order valence-electron chi connectivity index (χ0n) is 16.8. The van der Waals surface area contributed by atoms with E-state index in [2.05, 4.69) is 15.6 Å². The third-order valence-corrected chi connectivity index (χ3v) is 4.33. The van der Waals surface area contributed by atoms with Crippen LogP contribution in [0.4, 0.5) is 5.69 Å². The van der Waals surface area contributed by atoms with Crippen molar-refractivity contribution in [1.82, 2.24) is 10.3 Å². The minimum absolute atomic E-state index is 0.295. The highest BCUT2D eigenvalue weighted by atomic mass is 16.5. The molecule has 0 bridgehead atoms. The fraction of sp³-hybridized carbons (Fsp3) is 0.174. The van der Waals surface area contributed by atoms with Crippen molar-refractivity contribution in [3.8, 4) is 11.5 Å². The van der Waals surface area contributed by atoms with Crippen LogP contribution in [-0.2, 0) is 11.3 Å². The van der Waals surface area contributed by atoms with Crippen LogP contribution < -0.4 is 20.1 Å². The molecule has 7 heteroatoms. The Labute approximate surface area is 175 Å². The molecule has 0 radical (unpaired) electrons. The quantitative estimate of drug-likeness (QED) is 0.599. The van der Waals surface area contributed by atoms with Crippen molar-refractivity contribution in [2.45, 2.75) is 19.6 Å². The smallest absolute Gasteiger partial charge is 0.265 e. The highest BCUT2D eigenvalue weighted by Crippen LogP contribution is 2.21. The standard InChI is InChI=1S/C23H23N3O4/c1-16(30-19-9-5-8-18(13-19)29-2)22(27)26-21-11-4-3-10-20(21)23(28)25-15-17-7-6-12-24-14-17/h3-14,16H,15H2,1-2H3,(H,25,28)(H,26,27)/t16-/m0/s1. The molecule has 0 unspecified atom stereocenters. The van der Waals surface area contributed by atoms with Gasteiger partial charge in [0.15, 0.2) is 6.10 Å². The molecule has 3 rings (SSSR count). The molecule has 0 aliphatic heterocycles. The summed E-state index contributed by atoms with van der Waals surface area (Å²) >= 11 is 0. The molecule has 0 aliphatic carbocycles. The molecule has 1 aromatic heterocycles. The number of carbonyl (C=O) groups excluding carboxylic acids is 2. The Morgan fingerprint density at radius 3 is 2.60 bits per heavy atom. The fourth-order valence-electron chi connectivity index (χ4n) is 2.74. The van der Waals surface area contributed by atoms with E-state index in [9.17, 15) is 9.59 Å². The van der Waals surface area contributed by atoms with Gasteiger partial charge in [0, 0.05) is 25.0 Å². The summed E-state index contributed by atoms with van der Waals surface area (Å²) in [5.74, 6) is 0.483. The summed E-state index contributed by atoms with van der Waals surface area (Å²) in [5, 5.41) is 5.61. The number of ether oxygens (including phenoxy) is 2. The van der Waals surface area contributed by atoms with Gasteiger partial charge in [0.25, 0.3) is 11.8 Å². The molecule has 0 fully saturated rings. The van der Waals surface area contributed by atoms with Gasteiger partial charge in [-0.1, -0.05) is 24.3 Å². The average molecular weight is 405 g/mol. The molecule has 1 heterocycles. The number of anilines is 1. The number of carbonyl (C=O) groups is 2. The van der Waals surface area contributed by atoms with E-state index in [1.165, 1.54) is 0 Å². The topological polar surface area (TPSA) is 89.5 Å². The van der Waals surface area contributed by atoms with Crippen molar-refractivity contribution in [2.24, 2.45) is 0 Å². The van der Waals surface area contributed by atoms with Crippen LogP contribution in [0.5, 0.6) is 11.5 Å². The van der Waals surface area contributed by atoms with Crippen molar-refractivity contribution >= 4 is 17.5 Å². The highest BCUT2D eigenvalue weighted by molar-refractivity contribution is 6.04. The molecule has 0 saturated carbocycles. The number of amides is 2. The molecule has 2 amide bonds. The number of aromatic nitrogens is 1. The number of methoxy groups -OCH3 is 1. The molecule has 1 atom stereocenters. The van der Waals surface area contributed by atoms with Crippen LogP contribution >= 0.6 is 0 Å². The first kappa shape index (κ1) is 20.9. The van der Waals surface area contributed by atoms with Gasteiger partial charge in [-0.25, -0.2) is 0 Å². The van der Waals surface area contributed by atoms with Gasteiger partial charge in [-0.05, 0) is 42.8 Å². The molecule has 0 saturated heterocycles. The maximum absolute atomic E-state index is 12.6. The van der Waals surface area contributed by atoms with Gasteiger partial charge in [0.05, 0.1) is 18.4 Å². The van der Waals surface area contributed by atoms with Gasteiger partial charge in [0.2, 0.25) is 0 Å². The summed E-state index contributed by atoms with van der Waals surface area (Å²) in [7, 11) is 1.56. The third kappa shape index (κ3) is 5.57. The summed E-state index contributed by atoms with van der Waals surface area (Å²) in [5.41, 5.74) is 1.66. The Morgan fingerprint density at radius 2 is 1.83 bits per heavy atom. The van der Waals surface area contributed by atoms with Gasteiger partial charge in [0.1, 0.15) is 11.5 Å². The number of para-hydroxylation sites is 1. The summed E-state index contributed by atoms with van der Waals surface area (Å²) in [6, 6.07) is 17.5. The second-order valence-electron chi connectivity index (χ2n) is 6.52. The van der Waals surface area contributed by atoms with E-state index < -0.39 is 6.10 Å². The first-order valence-electron chi connectivity index (χ1n) is 9.44. The van der Waals surface area contributed by atoms with Gasteiger partial charge in [-0.15, -0.1) is 0 Å². The van der Waals surface area contributed by atoms with E-state index in [1.807, 2.05) is 6.07 Å². The lowest BCUT2D eigenvalue weighted by atomic mass is 10.1. The lowest BCUT2D eigenvalue weighted by Gasteiger charge is -2.17. The summed E-state index contributed by atoms with van der Waals surface area (Å²) in [6.45, 7) is 1.98. The molecular formula is C23H23N3O4. The lowest BCUT2D eigenvalue weighted by molar-refractivity contribution is -0.122. The van der Waals surface area contributed by atoms with Crippen molar-refractivity contribution in [2.75, 3.05) is 12.4 Å². The number of hydrogen-bond donors (Lipinski definition) is 2. The van der Waals surface area contributed by atoms with E-state index in [-0.39, 0.29) is 11.8 Å². The molecule has 30 heavy (non-hydrogen) atoms. The van der Waals surface area contributed by atoms with Crippen LogP contribution in [0.2, 0.25) is 0 Å². The number of nitrogens with one attached hydrogen (secondary N) is 2.